The number of hydrogen-bond acceptors (Lipinski definition) is 4. The second-order valence-corrected chi connectivity index (χ2v) is 6.83. The van der Waals surface area contributed by atoms with Crippen molar-refractivity contribution in [1.29, 1.82) is 0 Å². The molecule has 0 spiro atoms. The van der Waals surface area contributed by atoms with Crippen molar-refractivity contribution in [3.63, 3.8) is 0 Å². The first-order chi connectivity index (χ1) is 9.93. The minimum Gasteiger partial charge on any atom is -0.487 e. The number of ether oxygens (including phenoxy) is 2. The Bertz CT molecular complexity index is 523. The highest BCUT2D eigenvalue weighted by molar-refractivity contribution is 5.39. The molecule has 0 bridgehead atoms. The number of benzene rings is 1. The maximum atomic E-state index is 13.4. The molecule has 0 amide bonds. The van der Waals surface area contributed by atoms with Crippen LogP contribution in [0, 0.1) is 11.2 Å². The zero-order valence-electron chi connectivity index (χ0n) is 12.5. The Balaban J connectivity index is 1.78. The van der Waals surface area contributed by atoms with Crippen molar-refractivity contribution in [3.05, 3.63) is 29.6 Å². The highest BCUT2D eigenvalue weighted by atomic mass is 19.1. The Kier molecular flexibility index (Phi) is 3.67. The van der Waals surface area contributed by atoms with Crippen LogP contribution in [0.5, 0.6) is 5.75 Å². The Labute approximate surface area is 124 Å². The standard InChI is InChI=1S/C16H22FNO3/c1-15(2)6-13(18-7-16(8-19)9-20-10-16)12-4-3-11(17)5-14(12)21-15/h3-5,13,18-19H,6-10H2,1-2H3. The van der Waals surface area contributed by atoms with Crippen LogP contribution >= 0.6 is 0 Å². The lowest BCUT2D eigenvalue weighted by Gasteiger charge is -2.43. The Morgan fingerprint density at radius 3 is 2.76 bits per heavy atom. The summed E-state index contributed by atoms with van der Waals surface area (Å²) in [5.74, 6) is 0.316. The molecule has 0 radical (unpaired) electrons. The molecule has 1 saturated heterocycles. The summed E-state index contributed by atoms with van der Waals surface area (Å²) < 4.78 is 24.5. The van der Waals surface area contributed by atoms with E-state index in [4.69, 9.17) is 9.47 Å². The molecular formula is C16H22FNO3. The Morgan fingerprint density at radius 2 is 2.14 bits per heavy atom. The lowest BCUT2D eigenvalue weighted by atomic mass is 9.84. The quantitative estimate of drug-likeness (QED) is 0.892. The zero-order valence-corrected chi connectivity index (χ0v) is 12.5. The molecule has 21 heavy (non-hydrogen) atoms. The van der Waals surface area contributed by atoms with Gasteiger partial charge in [-0.3, -0.25) is 0 Å². The van der Waals surface area contributed by atoms with Crippen molar-refractivity contribution >= 4 is 0 Å². The lowest BCUT2D eigenvalue weighted by molar-refractivity contribution is -0.135. The minimum atomic E-state index is -0.346. The van der Waals surface area contributed by atoms with Crippen molar-refractivity contribution in [2.75, 3.05) is 26.4 Å². The molecule has 1 atom stereocenters. The number of aliphatic hydroxyl groups is 1. The van der Waals surface area contributed by atoms with E-state index >= 15 is 0 Å². The summed E-state index contributed by atoms with van der Waals surface area (Å²) in [4.78, 5) is 0. The van der Waals surface area contributed by atoms with Crippen LogP contribution in [0.2, 0.25) is 0 Å². The molecule has 0 aliphatic carbocycles. The number of rotatable bonds is 4. The van der Waals surface area contributed by atoms with E-state index in [0.29, 0.717) is 25.5 Å². The molecule has 3 rings (SSSR count). The fourth-order valence-electron chi connectivity index (χ4n) is 2.99. The Morgan fingerprint density at radius 1 is 1.38 bits per heavy atom. The van der Waals surface area contributed by atoms with E-state index in [-0.39, 0.29) is 29.5 Å². The van der Waals surface area contributed by atoms with Gasteiger partial charge in [0.2, 0.25) is 0 Å². The second-order valence-electron chi connectivity index (χ2n) is 6.83. The molecule has 2 N–H and O–H groups in total. The first-order valence-corrected chi connectivity index (χ1v) is 7.34. The lowest BCUT2D eigenvalue weighted by Crippen LogP contribution is -2.53. The van der Waals surface area contributed by atoms with Crippen LogP contribution in [0.3, 0.4) is 0 Å². The van der Waals surface area contributed by atoms with Gasteiger partial charge in [-0.15, -0.1) is 0 Å². The zero-order chi connectivity index (χ0) is 15.1. The van der Waals surface area contributed by atoms with E-state index in [1.54, 1.807) is 6.07 Å². The van der Waals surface area contributed by atoms with E-state index in [2.05, 4.69) is 5.32 Å². The first kappa shape index (κ1) is 14.8. The first-order valence-electron chi connectivity index (χ1n) is 7.34. The number of aliphatic hydroxyl groups excluding tert-OH is 1. The van der Waals surface area contributed by atoms with Crippen molar-refractivity contribution in [2.24, 2.45) is 5.41 Å². The van der Waals surface area contributed by atoms with Crippen molar-refractivity contribution < 1.29 is 19.0 Å². The monoisotopic (exact) mass is 295 g/mol. The van der Waals surface area contributed by atoms with Gasteiger partial charge in [0.05, 0.1) is 25.2 Å². The molecule has 2 heterocycles. The van der Waals surface area contributed by atoms with E-state index in [1.807, 2.05) is 13.8 Å². The summed E-state index contributed by atoms with van der Waals surface area (Å²) in [5, 5.41) is 13.0. The molecular weight excluding hydrogens is 273 g/mol. The van der Waals surface area contributed by atoms with Gasteiger partial charge in [-0.1, -0.05) is 6.07 Å². The summed E-state index contributed by atoms with van der Waals surface area (Å²) in [6.07, 6.45) is 0.800. The van der Waals surface area contributed by atoms with Gasteiger partial charge < -0.3 is 19.9 Å². The molecule has 2 aliphatic rings. The van der Waals surface area contributed by atoms with Gasteiger partial charge in [0.1, 0.15) is 17.2 Å². The van der Waals surface area contributed by atoms with Crippen LogP contribution in [0.4, 0.5) is 4.39 Å². The third-order valence-electron chi connectivity index (χ3n) is 4.31. The van der Waals surface area contributed by atoms with Crippen LogP contribution in [0.15, 0.2) is 18.2 Å². The molecule has 2 aliphatic heterocycles. The summed E-state index contributed by atoms with van der Waals surface area (Å²) in [6.45, 7) is 5.97. The third-order valence-corrected chi connectivity index (χ3v) is 4.31. The molecule has 1 fully saturated rings. The molecule has 4 nitrogen and oxygen atoms in total. The van der Waals surface area contributed by atoms with Crippen LogP contribution in [-0.4, -0.2) is 37.1 Å². The van der Waals surface area contributed by atoms with Crippen molar-refractivity contribution in [2.45, 2.75) is 31.9 Å². The maximum absolute atomic E-state index is 13.4. The van der Waals surface area contributed by atoms with Gasteiger partial charge >= 0.3 is 0 Å². The molecule has 1 aromatic carbocycles. The van der Waals surface area contributed by atoms with Crippen molar-refractivity contribution in [3.8, 4) is 5.75 Å². The number of halogens is 1. The molecule has 116 valence electrons. The van der Waals surface area contributed by atoms with Gasteiger partial charge in [-0.2, -0.15) is 0 Å². The van der Waals surface area contributed by atoms with Gasteiger partial charge in [0.15, 0.2) is 0 Å². The largest absolute Gasteiger partial charge is 0.487 e. The summed E-state index contributed by atoms with van der Waals surface area (Å²) in [7, 11) is 0. The predicted octanol–water partition coefficient (Wildman–Crippen LogP) is 2.03. The SMILES string of the molecule is CC1(C)CC(NCC2(CO)COC2)c2ccc(F)cc2O1. The Hall–Kier alpha value is -1.17. The van der Waals surface area contributed by atoms with Crippen LogP contribution in [0.25, 0.3) is 0 Å². The number of fused-ring (bicyclic) bond motifs is 1. The molecule has 5 heteroatoms. The topological polar surface area (TPSA) is 50.7 Å². The van der Waals surface area contributed by atoms with Gasteiger partial charge in [-0.25, -0.2) is 4.39 Å². The van der Waals surface area contributed by atoms with E-state index in [9.17, 15) is 9.50 Å². The van der Waals surface area contributed by atoms with Gasteiger partial charge in [-0.05, 0) is 19.9 Å². The summed E-state index contributed by atoms with van der Waals surface area (Å²) in [6, 6.07) is 4.77. The fourth-order valence-corrected chi connectivity index (χ4v) is 2.99. The molecule has 1 aromatic rings. The van der Waals surface area contributed by atoms with Crippen LogP contribution in [-0.2, 0) is 4.74 Å². The second kappa shape index (κ2) is 5.23. The van der Waals surface area contributed by atoms with Crippen LogP contribution in [0.1, 0.15) is 31.9 Å². The van der Waals surface area contributed by atoms with E-state index < -0.39 is 0 Å². The average Bonchev–Trinajstić information content (AvgIpc) is 2.35. The average molecular weight is 295 g/mol. The summed E-state index contributed by atoms with van der Waals surface area (Å²) in [5.41, 5.74) is 0.452. The molecule has 1 unspecified atom stereocenters. The predicted molar refractivity (Wildman–Crippen MR) is 76.8 cm³/mol. The number of nitrogens with one attached hydrogen (secondary N) is 1. The van der Waals surface area contributed by atoms with Crippen LogP contribution < -0.4 is 10.1 Å². The third kappa shape index (κ3) is 2.91. The maximum Gasteiger partial charge on any atom is 0.127 e. The van der Waals surface area contributed by atoms with Gasteiger partial charge in [0.25, 0.3) is 0 Å². The minimum absolute atomic E-state index is 0.0911. The van der Waals surface area contributed by atoms with E-state index in [1.165, 1.54) is 12.1 Å². The highest BCUT2D eigenvalue weighted by Gasteiger charge is 2.40. The van der Waals surface area contributed by atoms with E-state index in [0.717, 1.165) is 12.0 Å². The molecule has 0 saturated carbocycles. The normalized spacial score (nSPS) is 25.6. The molecule has 0 aromatic heterocycles. The van der Waals surface area contributed by atoms with Gasteiger partial charge in [0, 0.05) is 30.6 Å². The highest BCUT2D eigenvalue weighted by Crippen LogP contribution is 2.40. The fraction of sp³-hybridized carbons (Fsp3) is 0.625. The van der Waals surface area contributed by atoms with Crippen molar-refractivity contribution in [1.82, 2.24) is 5.32 Å². The number of hydrogen-bond donors (Lipinski definition) is 2. The smallest absolute Gasteiger partial charge is 0.127 e. The summed E-state index contributed by atoms with van der Waals surface area (Å²) >= 11 is 0.